The minimum atomic E-state index is -0.499. The topological polar surface area (TPSA) is 59.3 Å². The number of H-pyrrole nitrogens is 1. The van der Waals surface area contributed by atoms with E-state index >= 15 is 0 Å². The molecule has 1 N–H and O–H groups in total. The predicted molar refractivity (Wildman–Crippen MR) is 86.8 cm³/mol. The zero-order valence-corrected chi connectivity index (χ0v) is 12.5. The fourth-order valence-corrected chi connectivity index (χ4v) is 2.16. The van der Waals surface area contributed by atoms with Crippen LogP contribution in [0.1, 0.15) is 11.3 Å². The Morgan fingerprint density at radius 2 is 2.04 bits per heavy atom. The molecule has 0 saturated carbocycles. The molecule has 0 spiro atoms. The van der Waals surface area contributed by atoms with Crippen LogP contribution in [0.25, 0.3) is 4.85 Å². The highest BCUT2D eigenvalue weighted by molar-refractivity contribution is 5.50. The number of aromatic amines is 1. The van der Waals surface area contributed by atoms with E-state index in [1.165, 1.54) is 12.1 Å². The Morgan fingerprint density at radius 1 is 1.17 bits per heavy atom. The van der Waals surface area contributed by atoms with Gasteiger partial charge in [0.15, 0.2) is 17.3 Å². The molecule has 1 aromatic heterocycles. The Morgan fingerprint density at radius 3 is 2.79 bits per heavy atom. The van der Waals surface area contributed by atoms with E-state index in [2.05, 4.69) is 15.0 Å². The maximum Gasteiger partial charge on any atom is 0.264 e. The Kier molecular flexibility index (Phi) is 4.34. The highest BCUT2D eigenvalue weighted by Gasteiger charge is 2.08. The van der Waals surface area contributed by atoms with Crippen molar-refractivity contribution in [3.05, 3.63) is 93.4 Å². The number of nitrogens with zero attached hydrogens (tertiary/aromatic N) is 2. The summed E-state index contributed by atoms with van der Waals surface area (Å²) in [7, 11) is 0. The standard InChI is InChI=1S/C18H12FN3O2/c1-20-13-3-2-4-15(11-13)24-17-10-12(5-7-16(17)19)9-14-6-8-18(23)22-21-14/h2-8,10-11H,9H2,(H,22,23). The van der Waals surface area contributed by atoms with Gasteiger partial charge in [0.25, 0.3) is 5.56 Å². The molecule has 0 fully saturated rings. The number of aromatic nitrogens is 2. The van der Waals surface area contributed by atoms with E-state index in [4.69, 9.17) is 11.3 Å². The summed E-state index contributed by atoms with van der Waals surface area (Å²) in [4.78, 5) is 14.3. The van der Waals surface area contributed by atoms with Gasteiger partial charge in [-0.3, -0.25) is 4.79 Å². The zero-order valence-electron chi connectivity index (χ0n) is 12.5. The summed E-state index contributed by atoms with van der Waals surface area (Å²) in [6.45, 7) is 7.00. The van der Waals surface area contributed by atoms with Crippen LogP contribution >= 0.6 is 0 Å². The van der Waals surface area contributed by atoms with E-state index < -0.39 is 5.82 Å². The summed E-state index contributed by atoms with van der Waals surface area (Å²) >= 11 is 0. The van der Waals surface area contributed by atoms with Crippen LogP contribution in [0.15, 0.2) is 59.4 Å². The summed E-state index contributed by atoms with van der Waals surface area (Å²) in [5, 5.41) is 6.29. The summed E-state index contributed by atoms with van der Waals surface area (Å²) in [5.41, 5.74) is 1.58. The molecular formula is C18H12FN3O2. The normalized spacial score (nSPS) is 10.2. The second kappa shape index (κ2) is 6.75. The second-order valence-electron chi connectivity index (χ2n) is 5.07. The van der Waals surface area contributed by atoms with Gasteiger partial charge in [-0.15, -0.1) is 0 Å². The van der Waals surface area contributed by atoms with Crippen LogP contribution in [0.4, 0.5) is 10.1 Å². The maximum absolute atomic E-state index is 14.0. The van der Waals surface area contributed by atoms with Gasteiger partial charge in [0, 0.05) is 12.5 Å². The van der Waals surface area contributed by atoms with Crippen LogP contribution in [0, 0.1) is 12.4 Å². The number of rotatable bonds is 4. The molecule has 5 nitrogen and oxygen atoms in total. The van der Waals surface area contributed by atoms with Gasteiger partial charge in [-0.1, -0.05) is 18.2 Å². The minimum Gasteiger partial charge on any atom is -0.456 e. The molecule has 0 atom stereocenters. The second-order valence-corrected chi connectivity index (χ2v) is 5.07. The van der Waals surface area contributed by atoms with Gasteiger partial charge in [0.1, 0.15) is 5.75 Å². The van der Waals surface area contributed by atoms with Crippen molar-refractivity contribution in [1.82, 2.24) is 10.2 Å². The molecule has 0 aliphatic rings. The van der Waals surface area contributed by atoms with Crippen molar-refractivity contribution in [2.75, 3.05) is 0 Å². The summed E-state index contributed by atoms with van der Waals surface area (Å²) in [6, 6.07) is 14.0. The van der Waals surface area contributed by atoms with E-state index in [1.807, 2.05) is 0 Å². The molecule has 0 unspecified atom stereocenters. The van der Waals surface area contributed by atoms with Crippen molar-refractivity contribution in [1.29, 1.82) is 0 Å². The van der Waals surface area contributed by atoms with E-state index in [-0.39, 0.29) is 11.3 Å². The number of hydrogen-bond donors (Lipinski definition) is 1. The van der Waals surface area contributed by atoms with E-state index in [0.717, 1.165) is 5.56 Å². The van der Waals surface area contributed by atoms with Crippen molar-refractivity contribution in [3.8, 4) is 11.5 Å². The Bertz CT molecular complexity index is 956. The van der Waals surface area contributed by atoms with Gasteiger partial charge in [0.2, 0.25) is 0 Å². The first-order valence-electron chi connectivity index (χ1n) is 7.12. The average molecular weight is 321 g/mol. The minimum absolute atomic E-state index is 0.0686. The van der Waals surface area contributed by atoms with Crippen LogP contribution in [-0.2, 0) is 6.42 Å². The molecule has 2 aromatic carbocycles. The van der Waals surface area contributed by atoms with Gasteiger partial charge in [0.05, 0.1) is 12.3 Å². The van der Waals surface area contributed by atoms with Gasteiger partial charge in [-0.05, 0) is 35.9 Å². The molecule has 1 heterocycles. The van der Waals surface area contributed by atoms with Gasteiger partial charge in [-0.2, -0.15) is 5.10 Å². The van der Waals surface area contributed by atoms with E-state index in [9.17, 15) is 9.18 Å². The van der Waals surface area contributed by atoms with Gasteiger partial charge in [-0.25, -0.2) is 14.3 Å². The zero-order chi connectivity index (χ0) is 16.9. The first-order chi connectivity index (χ1) is 11.6. The Hall–Kier alpha value is -3.46. The molecule has 0 bridgehead atoms. The first kappa shape index (κ1) is 15.4. The van der Waals surface area contributed by atoms with E-state index in [0.29, 0.717) is 23.6 Å². The molecule has 3 rings (SSSR count). The third-order valence-electron chi connectivity index (χ3n) is 3.29. The lowest BCUT2D eigenvalue weighted by Crippen LogP contribution is -2.07. The van der Waals surface area contributed by atoms with Crippen LogP contribution < -0.4 is 10.3 Å². The van der Waals surface area contributed by atoms with Gasteiger partial charge < -0.3 is 4.74 Å². The van der Waals surface area contributed by atoms with E-state index in [1.54, 1.807) is 42.5 Å². The fourth-order valence-electron chi connectivity index (χ4n) is 2.16. The van der Waals surface area contributed by atoms with Crippen molar-refractivity contribution < 1.29 is 9.13 Å². The highest BCUT2D eigenvalue weighted by atomic mass is 19.1. The number of benzene rings is 2. The molecule has 3 aromatic rings. The number of nitrogens with one attached hydrogen (secondary N) is 1. The Labute approximate surface area is 137 Å². The predicted octanol–water partition coefficient (Wildman–Crippen LogP) is 3.84. The van der Waals surface area contributed by atoms with Crippen molar-refractivity contribution in [2.24, 2.45) is 0 Å². The molecule has 0 aliphatic carbocycles. The summed E-state index contributed by atoms with van der Waals surface area (Å²) in [6.07, 6.45) is 0.426. The smallest absolute Gasteiger partial charge is 0.264 e. The molecule has 0 amide bonds. The van der Waals surface area contributed by atoms with Crippen LogP contribution in [0.5, 0.6) is 11.5 Å². The van der Waals surface area contributed by atoms with Crippen LogP contribution in [0.3, 0.4) is 0 Å². The number of ether oxygens (including phenoxy) is 1. The summed E-state index contributed by atoms with van der Waals surface area (Å²) in [5.74, 6) is -0.0397. The number of halogens is 1. The van der Waals surface area contributed by atoms with Crippen molar-refractivity contribution >= 4 is 5.69 Å². The van der Waals surface area contributed by atoms with Crippen molar-refractivity contribution in [2.45, 2.75) is 6.42 Å². The van der Waals surface area contributed by atoms with Crippen molar-refractivity contribution in [3.63, 3.8) is 0 Å². The van der Waals surface area contributed by atoms with Crippen LogP contribution in [-0.4, -0.2) is 10.2 Å². The molecule has 0 radical (unpaired) electrons. The highest BCUT2D eigenvalue weighted by Crippen LogP contribution is 2.28. The molecule has 118 valence electrons. The van der Waals surface area contributed by atoms with Crippen LogP contribution in [0.2, 0.25) is 0 Å². The third-order valence-corrected chi connectivity index (χ3v) is 3.29. The fraction of sp³-hybridized carbons (Fsp3) is 0.0556. The number of hydrogen-bond acceptors (Lipinski definition) is 3. The Balaban J connectivity index is 1.84. The maximum atomic E-state index is 14.0. The first-order valence-corrected chi connectivity index (χ1v) is 7.12. The third kappa shape index (κ3) is 3.65. The summed E-state index contributed by atoms with van der Waals surface area (Å²) < 4.78 is 19.5. The lowest BCUT2D eigenvalue weighted by molar-refractivity contribution is 0.442. The molecular weight excluding hydrogens is 309 g/mol. The quantitative estimate of drug-likeness (QED) is 0.743. The molecule has 0 saturated heterocycles. The monoisotopic (exact) mass is 321 g/mol. The van der Waals surface area contributed by atoms with Gasteiger partial charge >= 0.3 is 0 Å². The molecule has 0 aliphatic heterocycles. The lowest BCUT2D eigenvalue weighted by Gasteiger charge is -2.09. The SMILES string of the molecule is [C-]#[N+]c1cccc(Oc2cc(Cc3ccc(=O)[nH]n3)ccc2F)c1. The molecule has 6 heteroatoms. The largest absolute Gasteiger partial charge is 0.456 e. The average Bonchev–Trinajstić information content (AvgIpc) is 2.60. The molecule has 24 heavy (non-hydrogen) atoms. The lowest BCUT2D eigenvalue weighted by atomic mass is 10.1.